The number of ether oxygens (including phenoxy) is 6. The van der Waals surface area contributed by atoms with Crippen molar-refractivity contribution in [1.29, 1.82) is 0 Å². The molecular weight excluding hydrogens is 1370 g/mol. The van der Waals surface area contributed by atoms with Gasteiger partial charge in [0.1, 0.15) is 67.1 Å². The maximum Gasteiger partial charge on any atom is 0.364 e. The van der Waals surface area contributed by atoms with E-state index in [9.17, 15) is 75.7 Å². The van der Waals surface area contributed by atoms with Crippen LogP contribution in [0.15, 0.2) is 12.2 Å². The normalized spacial score (nSPS) is 26.0. The Morgan fingerprint density at radius 1 is 0.477 bits per heavy atom. The van der Waals surface area contributed by atoms with Gasteiger partial charge in [-0.3, -0.25) is 9.59 Å². The first-order valence-corrected chi connectivity index (χ1v) is 43.5. The van der Waals surface area contributed by atoms with Gasteiger partial charge >= 0.3 is 5.97 Å². The number of aliphatic hydroxyl groups is 11. The van der Waals surface area contributed by atoms with Crippen molar-refractivity contribution in [2.24, 2.45) is 0 Å². The molecule has 3 saturated heterocycles. The van der Waals surface area contributed by atoms with Crippen LogP contribution in [0.4, 0.5) is 0 Å². The molecule has 0 bridgehead atoms. The molecule has 18 atom stereocenters. The summed E-state index contributed by atoms with van der Waals surface area (Å²) in [6.45, 7) is 2.25. The second kappa shape index (κ2) is 62.9. The van der Waals surface area contributed by atoms with Gasteiger partial charge in [0.15, 0.2) is 12.6 Å². The van der Waals surface area contributed by atoms with Crippen LogP contribution >= 0.6 is 0 Å². The molecule has 0 aliphatic carbocycles. The SMILES string of the molecule is CCCCCCCCCCCCCCCCCCCC/C=C\CCCCCCCCCCCCCCCCCCCC(=O)NC(COC1OC(CO)C(OC2OC(CO)C(O)C(OC3(C(=O)O)CC(O)C(NC(C)=O)C(C(O)C(O)CO)O3)C2O)C(O)C1O)C(O)CCCCCCCCCCCCCCCC. The van der Waals surface area contributed by atoms with E-state index < -0.39 is 148 Å². The van der Waals surface area contributed by atoms with Gasteiger partial charge in [-0.05, 0) is 38.5 Å². The summed E-state index contributed by atoms with van der Waals surface area (Å²) in [6, 6.07) is -2.53. The van der Waals surface area contributed by atoms with E-state index in [0.29, 0.717) is 19.3 Å². The third-order valence-corrected chi connectivity index (χ3v) is 22.2. The number of amides is 2. The summed E-state index contributed by atoms with van der Waals surface area (Å²) in [6.07, 6.45) is 41.1. The molecule has 3 rings (SSSR count). The van der Waals surface area contributed by atoms with Gasteiger partial charge in [0.05, 0.1) is 50.7 Å². The zero-order chi connectivity index (χ0) is 78.1. The van der Waals surface area contributed by atoms with Crippen LogP contribution in [0.5, 0.6) is 0 Å². The third kappa shape index (κ3) is 42.4. The Bertz CT molecular complexity index is 2170. The lowest BCUT2D eigenvalue weighted by Gasteiger charge is -2.50. The van der Waals surface area contributed by atoms with Crippen molar-refractivity contribution >= 4 is 17.8 Å². The van der Waals surface area contributed by atoms with Crippen LogP contribution in [0.3, 0.4) is 0 Å². The lowest BCUT2D eigenvalue weighted by Crippen LogP contribution is -2.70. The summed E-state index contributed by atoms with van der Waals surface area (Å²) < 4.78 is 35.0. The molecule has 0 spiro atoms. The van der Waals surface area contributed by atoms with Crippen LogP contribution in [0, 0.1) is 0 Å². The number of hydrogen-bond acceptors (Lipinski definition) is 20. The zero-order valence-electron chi connectivity index (χ0n) is 67.0. The molecule has 2 amide bonds. The first-order valence-electron chi connectivity index (χ1n) is 43.5. The average molecular weight is 1530 g/mol. The van der Waals surface area contributed by atoms with Gasteiger partial charge in [-0.1, -0.05) is 321 Å². The minimum atomic E-state index is -3.08. The van der Waals surface area contributed by atoms with Gasteiger partial charge in [0, 0.05) is 19.8 Å². The molecule has 0 aromatic heterocycles. The van der Waals surface area contributed by atoms with Crippen molar-refractivity contribution in [2.75, 3.05) is 26.4 Å². The number of carboxylic acids is 1. The number of allylic oxidation sites excluding steroid dienone is 2. The number of aliphatic carboxylic acids is 1. The molecule has 0 radical (unpaired) electrons. The summed E-state index contributed by atoms with van der Waals surface area (Å²) in [5.74, 6) is -6.09. The third-order valence-electron chi connectivity index (χ3n) is 22.2. The molecule has 18 unspecified atom stereocenters. The van der Waals surface area contributed by atoms with Gasteiger partial charge in [0.2, 0.25) is 11.8 Å². The highest BCUT2D eigenvalue weighted by atomic mass is 16.8. The summed E-state index contributed by atoms with van der Waals surface area (Å²) in [7, 11) is 0. The molecule has 107 heavy (non-hydrogen) atoms. The highest BCUT2D eigenvalue weighted by Crippen LogP contribution is 2.39. The molecule has 0 aromatic carbocycles. The Morgan fingerprint density at radius 2 is 0.869 bits per heavy atom. The molecule has 3 aliphatic rings. The van der Waals surface area contributed by atoms with Gasteiger partial charge in [-0.2, -0.15) is 0 Å². The number of aliphatic hydroxyl groups excluding tert-OH is 11. The van der Waals surface area contributed by atoms with Gasteiger partial charge in [-0.25, -0.2) is 4.79 Å². The van der Waals surface area contributed by atoms with E-state index in [-0.39, 0.29) is 18.9 Å². The standard InChI is InChI=1S/C84H158N2O21/c1-4-6-8-10-12-14-16-18-20-21-22-23-24-25-26-27-28-29-30-31-32-33-34-35-36-37-38-39-40-41-42-43-44-46-48-50-52-54-56-58-71(94)86-65(66(91)57-55-53-51-49-47-45-19-17-15-13-11-9-7-5-2)63-102-81-76(98)75(97)78(70(62-89)104-81)105-82-77(99)80(74(96)69(61-88)103-82)107-84(83(100)101)59-67(92)72(85-64(3)90)79(106-84)73(95)68(93)60-87/h31-32,65-70,72-82,87-89,91-93,95-99H,4-30,33-63H2,1-3H3,(H,85,90)(H,86,94)(H,100,101)/b32-31-. The number of carbonyl (C=O) groups is 3. The fraction of sp³-hybridized carbons (Fsp3) is 0.940. The minimum absolute atomic E-state index is 0.227. The van der Waals surface area contributed by atoms with Crippen LogP contribution < -0.4 is 10.6 Å². The molecule has 0 aromatic rings. The molecule has 630 valence electrons. The molecule has 14 N–H and O–H groups in total. The van der Waals surface area contributed by atoms with Crippen molar-refractivity contribution in [3.63, 3.8) is 0 Å². The quantitative estimate of drug-likeness (QED) is 0.0199. The van der Waals surface area contributed by atoms with E-state index in [2.05, 4.69) is 36.6 Å². The number of carboxylic acid groups (broad SMARTS) is 1. The maximum atomic E-state index is 13.6. The Labute approximate surface area is 645 Å². The molecular formula is C84H158N2O21. The molecule has 3 aliphatic heterocycles. The molecule has 3 fully saturated rings. The largest absolute Gasteiger partial charge is 0.477 e. The fourth-order valence-electron chi connectivity index (χ4n) is 15.4. The molecule has 23 heteroatoms. The van der Waals surface area contributed by atoms with E-state index in [1.54, 1.807) is 0 Å². The Kier molecular flexibility index (Phi) is 58.0. The number of unbranched alkanes of at least 4 members (excludes halogenated alkanes) is 48. The van der Waals surface area contributed by atoms with Crippen molar-refractivity contribution in [1.82, 2.24) is 10.6 Å². The highest BCUT2D eigenvalue weighted by molar-refractivity contribution is 5.77. The summed E-state index contributed by atoms with van der Waals surface area (Å²) in [4.78, 5) is 38.7. The molecule has 0 saturated carbocycles. The first-order chi connectivity index (χ1) is 51.9. The first kappa shape index (κ1) is 98.7. The van der Waals surface area contributed by atoms with Crippen molar-refractivity contribution in [3.8, 4) is 0 Å². The molecule has 23 nitrogen and oxygen atoms in total. The Morgan fingerprint density at radius 3 is 1.26 bits per heavy atom. The molecule has 3 heterocycles. The van der Waals surface area contributed by atoms with Crippen molar-refractivity contribution < 1.29 is 104 Å². The average Bonchev–Trinajstić information content (AvgIpc) is 0.754. The zero-order valence-corrected chi connectivity index (χ0v) is 67.0. The van der Waals surface area contributed by atoms with E-state index in [0.717, 1.165) is 58.3 Å². The van der Waals surface area contributed by atoms with Gasteiger partial charge < -0.3 is 100 Å². The van der Waals surface area contributed by atoms with Crippen LogP contribution in [-0.4, -0.2) is 215 Å². The number of rotatable bonds is 70. The Balaban J connectivity index is 1.38. The maximum absolute atomic E-state index is 13.6. The van der Waals surface area contributed by atoms with E-state index in [4.69, 9.17) is 28.4 Å². The number of hydrogen-bond donors (Lipinski definition) is 14. The van der Waals surface area contributed by atoms with E-state index in [1.807, 2.05) is 0 Å². The van der Waals surface area contributed by atoms with Crippen LogP contribution in [0.25, 0.3) is 0 Å². The summed E-state index contributed by atoms with van der Waals surface area (Å²) in [5, 5.41) is 136. The topological polar surface area (TPSA) is 373 Å². The van der Waals surface area contributed by atoms with Crippen molar-refractivity contribution in [3.05, 3.63) is 12.2 Å². The number of nitrogens with one attached hydrogen (secondary N) is 2. The lowest BCUT2D eigenvalue weighted by molar-refractivity contribution is -0.386. The van der Waals surface area contributed by atoms with E-state index >= 15 is 0 Å². The fourth-order valence-corrected chi connectivity index (χ4v) is 15.4. The van der Waals surface area contributed by atoms with E-state index in [1.165, 1.54) is 263 Å². The number of carbonyl (C=O) groups excluding carboxylic acids is 2. The summed E-state index contributed by atoms with van der Waals surface area (Å²) in [5.41, 5.74) is 0. The van der Waals surface area contributed by atoms with Crippen molar-refractivity contribution in [2.45, 2.75) is 477 Å². The van der Waals surface area contributed by atoms with Crippen LogP contribution in [0.2, 0.25) is 0 Å². The minimum Gasteiger partial charge on any atom is -0.477 e. The van der Waals surface area contributed by atoms with Gasteiger partial charge in [0.25, 0.3) is 5.79 Å². The monoisotopic (exact) mass is 1530 g/mol. The summed E-state index contributed by atoms with van der Waals surface area (Å²) >= 11 is 0. The second-order valence-corrected chi connectivity index (χ2v) is 31.8. The smallest absolute Gasteiger partial charge is 0.364 e. The van der Waals surface area contributed by atoms with Crippen LogP contribution in [-0.2, 0) is 42.8 Å². The second-order valence-electron chi connectivity index (χ2n) is 31.8. The lowest BCUT2D eigenvalue weighted by atomic mass is 9.88. The predicted octanol–water partition coefficient (Wildman–Crippen LogP) is 12.9. The Hall–Kier alpha value is -2.53. The van der Waals surface area contributed by atoms with Crippen LogP contribution in [0.1, 0.15) is 367 Å². The highest BCUT2D eigenvalue weighted by Gasteiger charge is 2.60. The predicted molar refractivity (Wildman–Crippen MR) is 417 cm³/mol. The van der Waals surface area contributed by atoms with Gasteiger partial charge in [-0.15, -0.1) is 0 Å².